The van der Waals surface area contributed by atoms with E-state index in [9.17, 15) is 10.1 Å². The second kappa shape index (κ2) is 5.60. The summed E-state index contributed by atoms with van der Waals surface area (Å²) in [7, 11) is 0. The summed E-state index contributed by atoms with van der Waals surface area (Å²) in [4.78, 5) is 10.2. The molecule has 15 heavy (non-hydrogen) atoms. The van der Waals surface area contributed by atoms with Gasteiger partial charge in [0.2, 0.25) is 0 Å². The Bertz CT molecular complexity index is 355. The van der Waals surface area contributed by atoms with Crippen LogP contribution in [0.5, 0.6) is 5.75 Å². The van der Waals surface area contributed by atoms with Crippen molar-refractivity contribution in [3.05, 3.63) is 33.9 Å². The van der Waals surface area contributed by atoms with E-state index in [1.54, 1.807) is 19.1 Å². The van der Waals surface area contributed by atoms with Gasteiger partial charge in [0.05, 0.1) is 17.1 Å². The third kappa shape index (κ3) is 3.13. The van der Waals surface area contributed by atoms with Gasteiger partial charge < -0.3 is 4.74 Å². The summed E-state index contributed by atoms with van der Waals surface area (Å²) in [5.41, 5.74) is 0.667. The van der Waals surface area contributed by atoms with Crippen LogP contribution < -0.4 is 4.74 Å². The quantitative estimate of drug-likeness (QED) is 0.364. The largest absolute Gasteiger partial charge is 0.493 e. The first-order valence-corrected chi connectivity index (χ1v) is 5.27. The lowest BCUT2D eigenvalue weighted by Crippen LogP contribution is -2.01. The maximum Gasteiger partial charge on any atom is 0.276 e. The van der Waals surface area contributed by atoms with Gasteiger partial charge in [-0.05, 0) is 25.2 Å². The molecule has 0 atom stereocenters. The summed E-state index contributed by atoms with van der Waals surface area (Å²) in [6.45, 7) is 2.22. The summed E-state index contributed by atoms with van der Waals surface area (Å²) in [6, 6.07) is 4.84. The molecule has 0 unspecified atom stereocenters. The fraction of sp³-hybridized carbons (Fsp3) is 0.400. The third-order valence-corrected chi connectivity index (χ3v) is 2.33. The minimum absolute atomic E-state index is 0.0957. The average molecular weight is 227 g/mol. The maximum atomic E-state index is 10.6. The number of hydrogen-bond donors (Lipinski definition) is 1. The second-order valence-corrected chi connectivity index (χ2v) is 3.53. The van der Waals surface area contributed by atoms with E-state index in [0.29, 0.717) is 17.9 Å². The number of benzene rings is 1. The zero-order valence-corrected chi connectivity index (χ0v) is 9.37. The number of hydrogen-bond acceptors (Lipinski definition) is 4. The van der Waals surface area contributed by atoms with Gasteiger partial charge in [0.15, 0.2) is 0 Å². The Labute approximate surface area is 93.8 Å². The van der Waals surface area contributed by atoms with E-state index in [0.717, 1.165) is 12.2 Å². The topological polar surface area (TPSA) is 52.4 Å². The van der Waals surface area contributed by atoms with E-state index in [2.05, 4.69) is 12.6 Å². The highest BCUT2D eigenvalue weighted by Gasteiger charge is 2.13. The summed E-state index contributed by atoms with van der Waals surface area (Å²) >= 11 is 4.06. The first-order valence-electron chi connectivity index (χ1n) is 4.64. The van der Waals surface area contributed by atoms with Crippen LogP contribution in [0.1, 0.15) is 12.0 Å². The van der Waals surface area contributed by atoms with Crippen molar-refractivity contribution < 1.29 is 9.66 Å². The van der Waals surface area contributed by atoms with Crippen LogP contribution in [0.15, 0.2) is 18.2 Å². The van der Waals surface area contributed by atoms with Gasteiger partial charge in [-0.25, -0.2) is 0 Å². The van der Waals surface area contributed by atoms with Gasteiger partial charge >= 0.3 is 0 Å². The number of ether oxygens (including phenoxy) is 1. The van der Waals surface area contributed by atoms with Crippen molar-refractivity contribution in [2.24, 2.45) is 0 Å². The molecule has 0 bridgehead atoms. The van der Waals surface area contributed by atoms with Gasteiger partial charge in [-0.3, -0.25) is 10.1 Å². The van der Waals surface area contributed by atoms with Gasteiger partial charge in [-0.2, -0.15) is 12.6 Å². The molecule has 0 aliphatic heterocycles. The normalized spacial score (nSPS) is 10.0. The zero-order chi connectivity index (χ0) is 11.3. The van der Waals surface area contributed by atoms with Gasteiger partial charge in [-0.1, -0.05) is 6.07 Å². The Morgan fingerprint density at radius 1 is 1.53 bits per heavy atom. The molecule has 0 saturated heterocycles. The molecule has 0 saturated carbocycles. The summed E-state index contributed by atoms with van der Waals surface area (Å²) < 4.78 is 5.41. The summed E-state index contributed by atoms with van der Waals surface area (Å²) in [5.74, 6) is 1.32. The Morgan fingerprint density at radius 3 is 2.87 bits per heavy atom. The van der Waals surface area contributed by atoms with Gasteiger partial charge in [0.25, 0.3) is 5.69 Å². The zero-order valence-electron chi connectivity index (χ0n) is 8.47. The standard InChI is InChI=1S/C10H13NO3S/c1-8-9(11(12)13)4-2-5-10(8)14-6-3-7-15/h2,4-5,15H,3,6-7H2,1H3. The minimum atomic E-state index is -0.402. The number of thiol groups is 1. The Hall–Kier alpha value is -1.23. The molecule has 1 rings (SSSR count). The van der Waals surface area contributed by atoms with Crippen LogP contribution in [-0.4, -0.2) is 17.3 Å². The molecule has 0 aliphatic carbocycles. The first-order chi connectivity index (χ1) is 7.16. The molecule has 0 N–H and O–H groups in total. The Balaban J connectivity index is 2.80. The van der Waals surface area contributed by atoms with Crippen LogP contribution in [-0.2, 0) is 0 Å². The van der Waals surface area contributed by atoms with Gasteiger partial charge in [-0.15, -0.1) is 0 Å². The fourth-order valence-electron chi connectivity index (χ4n) is 1.20. The fourth-order valence-corrected chi connectivity index (χ4v) is 1.33. The number of nitro groups is 1. The molecular weight excluding hydrogens is 214 g/mol. The Kier molecular flexibility index (Phi) is 4.42. The molecule has 0 heterocycles. The summed E-state index contributed by atoms with van der Waals surface area (Å²) in [6.07, 6.45) is 0.825. The predicted molar refractivity (Wildman–Crippen MR) is 61.8 cm³/mol. The average Bonchev–Trinajstić information content (AvgIpc) is 2.20. The second-order valence-electron chi connectivity index (χ2n) is 3.08. The molecule has 5 heteroatoms. The van der Waals surface area contributed by atoms with E-state index in [1.165, 1.54) is 6.07 Å². The maximum absolute atomic E-state index is 10.6. The summed E-state index contributed by atoms with van der Waals surface area (Å²) in [5, 5.41) is 10.6. The molecule has 82 valence electrons. The van der Waals surface area contributed by atoms with Crippen LogP contribution in [0.25, 0.3) is 0 Å². The van der Waals surface area contributed by atoms with E-state index in [1.807, 2.05) is 0 Å². The molecule has 0 aromatic heterocycles. The van der Waals surface area contributed by atoms with Crippen LogP contribution in [0, 0.1) is 17.0 Å². The van der Waals surface area contributed by atoms with E-state index in [4.69, 9.17) is 4.74 Å². The molecule has 4 nitrogen and oxygen atoms in total. The molecular formula is C10H13NO3S. The Morgan fingerprint density at radius 2 is 2.27 bits per heavy atom. The van der Waals surface area contributed by atoms with Crippen molar-refractivity contribution in [1.82, 2.24) is 0 Å². The van der Waals surface area contributed by atoms with Crippen molar-refractivity contribution in [3.63, 3.8) is 0 Å². The van der Waals surface area contributed by atoms with Crippen LogP contribution in [0.2, 0.25) is 0 Å². The highest BCUT2D eigenvalue weighted by molar-refractivity contribution is 7.80. The van der Waals surface area contributed by atoms with Gasteiger partial charge in [0, 0.05) is 6.07 Å². The lowest BCUT2D eigenvalue weighted by Gasteiger charge is -2.07. The highest BCUT2D eigenvalue weighted by atomic mass is 32.1. The van der Waals surface area contributed by atoms with Crippen molar-refractivity contribution in [1.29, 1.82) is 0 Å². The SMILES string of the molecule is Cc1c(OCCCS)cccc1[N+](=O)[O-]. The number of rotatable bonds is 5. The van der Waals surface area contributed by atoms with Gasteiger partial charge in [0.1, 0.15) is 5.75 Å². The lowest BCUT2D eigenvalue weighted by molar-refractivity contribution is -0.385. The molecule has 0 fully saturated rings. The molecule has 0 amide bonds. The molecule has 1 aromatic rings. The van der Waals surface area contributed by atoms with E-state index < -0.39 is 4.92 Å². The third-order valence-electron chi connectivity index (χ3n) is 2.01. The predicted octanol–water partition coefficient (Wildman–Crippen LogP) is 2.60. The van der Waals surface area contributed by atoms with Crippen LogP contribution in [0.3, 0.4) is 0 Å². The van der Waals surface area contributed by atoms with Crippen LogP contribution in [0.4, 0.5) is 5.69 Å². The molecule has 0 spiro atoms. The van der Waals surface area contributed by atoms with Crippen molar-refractivity contribution in [2.45, 2.75) is 13.3 Å². The highest BCUT2D eigenvalue weighted by Crippen LogP contribution is 2.26. The lowest BCUT2D eigenvalue weighted by atomic mass is 10.2. The molecule has 1 aromatic carbocycles. The van der Waals surface area contributed by atoms with Crippen LogP contribution >= 0.6 is 12.6 Å². The van der Waals surface area contributed by atoms with Crippen molar-refractivity contribution in [2.75, 3.05) is 12.4 Å². The number of nitro benzene ring substituents is 1. The first kappa shape index (κ1) is 11.8. The smallest absolute Gasteiger partial charge is 0.276 e. The number of nitrogens with zero attached hydrogens (tertiary/aromatic N) is 1. The van der Waals surface area contributed by atoms with Crippen molar-refractivity contribution >= 4 is 18.3 Å². The minimum Gasteiger partial charge on any atom is -0.493 e. The monoisotopic (exact) mass is 227 g/mol. The van der Waals surface area contributed by atoms with Crippen molar-refractivity contribution in [3.8, 4) is 5.75 Å². The molecule has 0 aliphatic rings. The molecule has 0 radical (unpaired) electrons. The van der Waals surface area contributed by atoms with E-state index in [-0.39, 0.29) is 5.69 Å². The van der Waals surface area contributed by atoms with E-state index >= 15 is 0 Å².